The Bertz CT molecular complexity index is 465. The van der Waals surface area contributed by atoms with Gasteiger partial charge in [0.05, 0.1) is 0 Å². The molecular weight excluding hydrogens is 294 g/mol. The van der Waals surface area contributed by atoms with E-state index in [4.69, 9.17) is 0 Å². The quantitative estimate of drug-likeness (QED) is 0.898. The topological polar surface area (TPSA) is 18.5 Å². The highest BCUT2D eigenvalue weighted by Crippen LogP contribution is 2.28. The number of nitrogens with zero attached hydrogens (tertiary/aromatic N) is 2. The average molecular weight is 324 g/mol. The summed E-state index contributed by atoms with van der Waals surface area (Å²) in [4.78, 5) is 5.06. The minimum atomic E-state index is 0. The van der Waals surface area contributed by atoms with Crippen LogP contribution in [0.25, 0.3) is 0 Å². The normalized spacial score (nSPS) is 24.8. The molecule has 1 unspecified atom stereocenters. The highest BCUT2D eigenvalue weighted by atomic mass is 35.5. The number of nitrogens with one attached hydrogen (secondary N) is 1. The van der Waals surface area contributed by atoms with Crippen molar-refractivity contribution in [2.45, 2.75) is 32.7 Å². The summed E-state index contributed by atoms with van der Waals surface area (Å²) >= 11 is 0. The first-order chi connectivity index (χ1) is 10.2. The predicted octanol–water partition coefficient (Wildman–Crippen LogP) is 3.14. The summed E-state index contributed by atoms with van der Waals surface area (Å²) in [5.74, 6) is 0. The Kier molecular flexibility index (Phi) is 6.13. The molecule has 124 valence electrons. The van der Waals surface area contributed by atoms with E-state index in [0.29, 0.717) is 5.41 Å². The largest absolute Gasteiger partial charge is 0.371 e. The van der Waals surface area contributed by atoms with Crippen molar-refractivity contribution in [2.75, 3.05) is 44.7 Å². The zero-order valence-electron chi connectivity index (χ0n) is 14.0. The summed E-state index contributed by atoms with van der Waals surface area (Å²) < 4.78 is 0. The van der Waals surface area contributed by atoms with Gasteiger partial charge in [-0.25, -0.2) is 0 Å². The maximum Gasteiger partial charge on any atom is 0.0411 e. The lowest BCUT2D eigenvalue weighted by Crippen LogP contribution is -2.35. The molecule has 1 atom stereocenters. The molecule has 1 aromatic rings. The first-order valence-electron chi connectivity index (χ1n) is 8.38. The molecule has 3 rings (SSSR count). The SMILES string of the molecule is CN(Cc1ccccc1N1CCCC1)CC1(C)CCNC1.Cl. The van der Waals surface area contributed by atoms with Crippen LogP contribution < -0.4 is 10.2 Å². The summed E-state index contributed by atoms with van der Waals surface area (Å²) in [5, 5.41) is 3.50. The smallest absolute Gasteiger partial charge is 0.0411 e. The van der Waals surface area contributed by atoms with Crippen molar-refractivity contribution in [2.24, 2.45) is 5.41 Å². The van der Waals surface area contributed by atoms with Crippen molar-refractivity contribution in [3.05, 3.63) is 29.8 Å². The number of benzene rings is 1. The third-order valence-corrected chi connectivity index (χ3v) is 4.99. The van der Waals surface area contributed by atoms with Crippen molar-refractivity contribution in [1.29, 1.82) is 0 Å². The minimum Gasteiger partial charge on any atom is -0.371 e. The van der Waals surface area contributed by atoms with Gasteiger partial charge in [-0.15, -0.1) is 12.4 Å². The van der Waals surface area contributed by atoms with Crippen LogP contribution >= 0.6 is 12.4 Å². The van der Waals surface area contributed by atoms with Crippen molar-refractivity contribution in [3.63, 3.8) is 0 Å². The molecule has 4 heteroatoms. The maximum atomic E-state index is 3.50. The van der Waals surface area contributed by atoms with Gasteiger partial charge in [-0.05, 0) is 49.9 Å². The van der Waals surface area contributed by atoms with Gasteiger partial charge in [-0.3, -0.25) is 0 Å². The van der Waals surface area contributed by atoms with Gasteiger partial charge in [0, 0.05) is 38.4 Å². The van der Waals surface area contributed by atoms with Crippen LogP contribution in [0.5, 0.6) is 0 Å². The zero-order valence-corrected chi connectivity index (χ0v) is 14.8. The molecule has 0 saturated carbocycles. The molecule has 2 aliphatic heterocycles. The van der Waals surface area contributed by atoms with Crippen LogP contribution in [0.15, 0.2) is 24.3 Å². The Morgan fingerprint density at radius 3 is 2.64 bits per heavy atom. The van der Waals surface area contributed by atoms with Gasteiger partial charge in [0.15, 0.2) is 0 Å². The van der Waals surface area contributed by atoms with E-state index in [1.807, 2.05) is 0 Å². The minimum absolute atomic E-state index is 0. The zero-order chi connectivity index (χ0) is 14.7. The highest BCUT2D eigenvalue weighted by molar-refractivity contribution is 5.85. The first-order valence-corrected chi connectivity index (χ1v) is 8.38. The van der Waals surface area contributed by atoms with Crippen LogP contribution in [0.1, 0.15) is 31.7 Å². The number of rotatable bonds is 5. The molecule has 0 aliphatic carbocycles. The van der Waals surface area contributed by atoms with Crippen LogP contribution in [0.4, 0.5) is 5.69 Å². The van der Waals surface area contributed by atoms with E-state index in [0.717, 1.165) is 13.1 Å². The number of halogens is 1. The molecule has 2 aliphatic rings. The summed E-state index contributed by atoms with van der Waals surface area (Å²) in [6, 6.07) is 8.97. The molecule has 0 spiro atoms. The van der Waals surface area contributed by atoms with E-state index in [2.05, 4.69) is 53.4 Å². The van der Waals surface area contributed by atoms with Gasteiger partial charge in [-0.2, -0.15) is 0 Å². The fraction of sp³-hybridized carbons (Fsp3) is 0.667. The molecule has 1 aromatic carbocycles. The molecule has 0 radical (unpaired) electrons. The third kappa shape index (κ3) is 4.15. The Balaban J connectivity index is 0.00000176. The summed E-state index contributed by atoms with van der Waals surface area (Å²) in [5.41, 5.74) is 3.38. The number of anilines is 1. The Morgan fingerprint density at radius 2 is 1.95 bits per heavy atom. The molecule has 2 heterocycles. The second-order valence-electron chi connectivity index (χ2n) is 7.23. The van der Waals surface area contributed by atoms with Crippen molar-refractivity contribution >= 4 is 18.1 Å². The highest BCUT2D eigenvalue weighted by Gasteiger charge is 2.29. The summed E-state index contributed by atoms with van der Waals surface area (Å²) in [6.07, 6.45) is 3.98. The standard InChI is InChI=1S/C18H29N3.ClH/c1-18(9-10-19-14-18)15-20(2)13-16-7-3-4-8-17(16)21-11-5-6-12-21;/h3-4,7-8,19H,5-6,9-15H2,1-2H3;1H. The third-order valence-electron chi connectivity index (χ3n) is 4.99. The van der Waals surface area contributed by atoms with E-state index < -0.39 is 0 Å². The van der Waals surface area contributed by atoms with Gasteiger partial charge in [0.25, 0.3) is 0 Å². The van der Waals surface area contributed by atoms with Crippen molar-refractivity contribution in [3.8, 4) is 0 Å². The molecule has 2 saturated heterocycles. The Labute approximate surface area is 141 Å². The molecule has 0 amide bonds. The Hall–Kier alpha value is -0.770. The van der Waals surface area contributed by atoms with E-state index >= 15 is 0 Å². The monoisotopic (exact) mass is 323 g/mol. The predicted molar refractivity (Wildman–Crippen MR) is 97.1 cm³/mol. The first kappa shape index (κ1) is 17.6. The van der Waals surface area contributed by atoms with Gasteiger partial charge < -0.3 is 15.1 Å². The van der Waals surface area contributed by atoms with Crippen LogP contribution in [0, 0.1) is 5.41 Å². The lowest BCUT2D eigenvalue weighted by Gasteiger charge is -2.30. The van der Waals surface area contributed by atoms with Crippen LogP contribution in [-0.4, -0.2) is 44.7 Å². The van der Waals surface area contributed by atoms with Crippen LogP contribution in [0.3, 0.4) is 0 Å². The van der Waals surface area contributed by atoms with Crippen LogP contribution in [-0.2, 0) is 6.54 Å². The second-order valence-corrected chi connectivity index (χ2v) is 7.23. The van der Waals surface area contributed by atoms with Crippen LogP contribution in [0.2, 0.25) is 0 Å². The van der Waals surface area contributed by atoms with Gasteiger partial charge in [0.1, 0.15) is 0 Å². The van der Waals surface area contributed by atoms with Gasteiger partial charge in [-0.1, -0.05) is 25.1 Å². The molecule has 0 aromatic heterocycles. The van der Waals surface area contributed by atoms with Crippen molar-refractivity contribution < 1.29 is 0 Å². The summed E-state index contributed by atoms with van der Waals surface area (Å²) in [6.45, 7) is 9.43. The van der Waals surface area contributed by atoms with E-state index in [-0.39, 0.29) is 12.4 Å². The fourth-order valence-corrected chi connectivity index (χ4v) is 3.91. The average Bonchev–Trinajstić information content (AvgIpc) is 3.11. The second kappa shape index (κ2) is 7.67. The molecule has 1 N–H and O–H groups in total. The number of hydrogen-bond donors (Lipinski definition) is 1. The summed E-state index contributed by atoms with van der Waals surface area (Å²) in [7, 11) is 2.27. The lowest BCUT2D eigenvalue weighted by molar-refractivity contribution is 0.203. The molecule has 22 heavy (non-hydrogen) atoms. The maximum absolute atomic E-state index is 3.50. The van der Waals surface area contributed by atoms with E-state index in [1.54, 1.807) is 0 Å². The fourth-order valence-electron chi connectivity index (χ4n) is 3.91. The Morgan fingerprint density at radius 1 is 1.23 bits per heavy atom. The molecule has 2 fully saturated rings. The number of hydrogen-bond acceptors (Lipinski definition) is 3. The van der Waals surface area contributed by atoms with Crippen molar-refractivity contribution in [1.82, 2.24) is 10.2 Å². The molecule has 0 bridgehead atoms. The van der Waals surface area contributed by atoms with E-state index in [9.17, 15) is 0 Å². The lowest BCUT2D eigenvalue weighted by atomic mass is 9.89. The van der Waals surface area contributed by atoms with Gasteiger partial charge >= 0.3 is 0 Å². The molecular formula is C18H30ClN3. The van der Waals surface area contributed by atoms with Gasteiger partial charge in [0.2, 0.25) is 0 Å². The van der Waals surface area contributed by atoms with E-state index in [1.165, 1.54) is 56.7 Å². The number of para-hydroxylation sites is 1. The molecule has 3 nitrogen and oxygen atoms in total.